The fourth-order valence-electron chi connectivity index (χ4n) is 3.36. The van der Waals surface area contributed by atoms with Gasteiger partial charge in [0.1, 0.15) is 6.07 Å². The number of nitrogens with zero attached hydrogens (tertiary/aromatic N) is 4. The first-order chi connectivity index (χ1) is 10.2. The van der Waals surface area contributed by atoms with Crippen molar-refractivity contribution in [2.24, 2.45) is 0 Å². The number of aromatic nitrogens is 1. The van der Waals surface area contributed by atoms with Crippen LogP contribution in [0.4, 0.5) is 11.5 Å². The van der Waals surface area contributed by atoms with Crippen LogP contribution in [-0.2, 0) is 0 Å². The van der Waals surface area contributed by atoms with E-state index < -0.39 is 4.92 Å². The summed E-state index contributed by atoms with van der Waals surface area (Å²) in [6.07, 6.45) is 5.93. The Labute approximate surface area is 122 Å². The molecule has 2 aliphatic heterocycles. The van der Waals surface area contributed by atoms with Crippen molar-refractivity contribution in [1.82, 2.24) is 9.88 Å². The van der Waals surface area contributed by atoms with Gasteiger partial charge in [0.2, 0.25) is 5.82 Å². The Kier molecular flexibility index (Phi) is 3.71. The Hall–Kier alpha value is -2.20. The smallest absolute Gasteiger partial charge is 0.312 e. The van der Waals surface area contributed by atoms with Crippen LogP contribution in [0.5, 0.6) is 0 Å². The van der Waals surface area contributed by atoms with Gasteiger partial charge < -0.3 is 5.32 Å². The van der Waals surface area contributed by atoms with Gasteiger partial charge in [-0.15, -0.1) is 0 Å². The molecule has 2 saturated heterocycles. The molecule has 1 aromatic rings. The molecule has 2 fully saturated rings. The predicted molar refractivity (Wildman–Crippen MR) is 76.8 cm³/mol. The predicted octanol–water partition coefficient (Wildman–Crippen LogP) is 1.90. The van der Waals surface area contributed by atoms with Crippen LogP contribution in [0.1, 0.15) is 31.2 Å². The van der Waals surface area contributed by atoms with Gasteiger partial charge >= 0.3 is 5.69 Å². The highest BCUT2D eigenvalue weighted by atomic mass is 16.6. The van der Waals surface area contributed by atoms with Crippen molar-refractivity contribution >= 4 is 11.5 Å². The van der Waals surface area contributed by atoms with Crippen LogP contribution < -0.4 is 5.32 Å². The first-order valence-electron chi connectivity index (χ1n) is 7.24. The van der Waals surface area contributed by atoms with Gasteiger partial charge in [0.25, 0.3) is 0 Å². The maximum Gasteiger partial charge on any atom is 0.312 e. The second kappa shape index (κ2) is 5.66. The number of piperidine rings is 1. The van der Waals surface area contributed by atoms with Crippen LogP contribution in [0.25, 0.3) is 0 Å². The minimum Gasteiger partial charge on any atom is -0.360 e. The van der Waals surface area contributed by atoms with E-state index in [1.54, 1.807) is 0 Å². The summed E-state index contributed by atoms with van der Waals surface area (Å²) in [5.41, 5.74) is 0.0845. The fraction of sp³-hybridized carbons (Fsp3) is 0.571. The van der Waals surface area contributed by atoms with E-state index in [2.05, 4.69) is 15.2 Å². The molecule has 0 aliphatic carbocycles. The number of nitrogens with one attached hydrogen (secondary N) is 1. The van der Waals surface area contributed by atoms with Crippen molar-refractivity contribution in [3.05, 3.63) is 27.9 Å². The summed E-state index contributed by atoms with van der Waals surface area (Å²) in [6, 6.07) is 3.81. The molecule has 21 heavy (non-hydrogen) atoms. The fourth-order valence-corrected chi connectivity index (χ4v) is 3.36. The molecule has 7 heteroatoms. The van der Waals surface area contributed by atoms with Gasteiger partial charge in [-0.2, -0.15) is 5.26 Å². The molecule has 2 atom stereocenters. The van der Waals surface area contributed by atoms with Crippen molar-refractivity contribution < 1.29 is 4.92 Å². The van der Waals surface area contributed by atoms with E-state index in [1.807, 2.05) is 6.07 Å². The van der Waals surface area contributed by atoms with Crippen LogP contribution in [0.2, 0.25) is 0 Å². The van der Waals surface area contributed by atoms with Crippen LogP contribution in [-0.4, -0.2) is 40.0 Å². The second-order valence-electron chi connectivity index (χ2n) is 5.60. The van der Waals surface area contributed by atoms with Crippen molar-refractivity contribution in [3.63, 3.8) is 0 Å². The number of hydrogen-bond acceptors (Lipinski definition) is 6. The monoisotopic (exact) mass is 287 g/mol. The van der Waals surface area contributed by atoms with E-state index in [-0.39, 0.29) is 23.1 Å². The van der Waals surface area contributed by atoms with Crippen molar-refractivity contribution in [2.75, 3.05) is 18.4 Å². The third kappa shape index (κ3) is 2.67. The molecule has 2 aliphatic rings. The Morgan fingerprint density at radius 1 is 1.43 bits per heavy atom. The number of anilines is 1. The summed E-state index contributed by atoms with van der Waals surface area (Å²) < 4.78 is 0. The summed E-state index contributed by atoms with van der Waals surface area (Å²) >= 11 is 0. The molecule has 110 valence electrons. The second-order valence-corrected chi connectivity index (χ2v) is 5.60. The van der Waals surface area contributed by atoms with Crippen LogP contribution in [0.3, 0.4) is 0 Å². The number of fused-ring (bicyclic) bond motifs is 1. The summed E-state index contributed by atoms with van der Waals surface area (Å²) in [4.78, 5) is 17.2. The van der Waals surface area contributed by atoms with Crippen LogP contribution in [0, 0.1) is 21.4 Å². The quantitative estimate of drug-likeness (QED) is 0.674. The van der Waals surface area contributed by atoms with Gasteiger partial charge in [-0.1, -0.05) is 6.42 Å². The molecular formula is C14H17N5O2. The van der Waals surface area contributed by atoms with Gasteiger partial charge in [-0.25, -0.2) is 4.98 Å². The summed E-state index contributed by atoms with van der Waals surface area (Å²) in [6.45, 7) is 2.15. The zero-order valence-corrected chi connectivity index (χ0v) is 11.7. The maximum absolute atomic E-state index is 11.2. The zero-order chi connectivity index (χ0) is 14.8. The average Bonchev–Trinajstić information content (AvgIpc) is 2.91. The Morgan fingerprint density at radius 3 is 3.05 bits per heavy atom. The standard InChI is InChI=1S/C14H17N5O2/c15-8-10-7-13(19(20)21)14(16-9-10)17-11-4-6-18-5-2-1-3-12(11)18/h7,9,11-12H,1-6H2,(H,16,17). The molecule has 0 radical (unpaired) electrons. The molecule has 7 nitrogen and oxygen atoms in total. The minimum atomic E-state index is -0.482. The molecule has 2 unspecified atom stereocenters. The third-order valence-corrected chi connectivity index (χ3v) is 4.37. The van der Waals surface area contributed by atoms with Crippen LogP contribution in [0.15, 0.2) is 12.3 Å². The highest BCUT2D eigenvalue weighted by Crippen LogP contribution is 2.31. The Bertz CT molecular complexity index is 598. The first kappa shape index (κ1) is 13.8. The number of hydrogen-bond donors (Lipinski definition) is 1. The summed E-state index contributed by atoms with van der Waals surface area (Å²) in [5.74, 6) is 0.274. The normalized spacial score (nSPS) is 25.1. The molecule has 3 heterocycles. The number of rotatable bonds is 3. The highest BCUT2D eigenvalue weighted by Gasteiger charge is 2.36. The lowest BCUT2D eigenvalue weighted by atomic mass is 9.99. The third-order valence-electron chi connectivity index (χ3n) is 4.37. The molecule has 0 bridgehead atoms. The average molecular weight is 287 g/mol. The molecular weight excluding hydrogens is 270 g/mol. The van der Waals surface area contributed by atoms with Crippen LogP contribution >= 0.6 is 0 Å². The van der Waals surface area contributed by atoms with E-state index in [0.717, 1.165) is 25.9 Å². The number of nitro groups is 1. The maximum atomic E-state index is 11.2. The SMILES string of the molecule is N#Cc1cnc(NC2CCN3CCCCC23)c([N+](=O)[O-])c1. The molecule has 0 aromatic carbocycles. The van der Waals surface area contributed by atoms with E-state index >= 15 is 0 Å². The molecule has 1 N–H and O–H groups in total. The van der Waals surface area contributed by atoms with E-state index in [0.29, 0.717) is 6.04 Å². The lowest BCUT2D eigenvalue weighted by molar-refractivity contribution is -0.384. The largest absolute Gasteiger partial charge is 0.360 e. The topological polar surface area (TPSA) is 95.1 Å². The first-order valence-corrected chi connectivity index (χ1v) is 7.24. The molecule has 1 aromatic heterocycles. The summed E-state index contributed by atoms with van der Waals surface area (Å²) in [5, 5.41) is 23.2. The molecule has 0 saturated carbocycles. The molecule has 3 rings (SSSR count). The molecule has 0 spiro atoms. The zero-order valence-electron chi connectivity index (χ0n) is 11.7. The lowest BCUT2D eigenvalue weighted by Crippen LogP contribution is -2.41. The van der Waals surface area contributed by atoms with Gasteiger partial charge in [0.15, 0.2) is 0 Å². The van der Waals surface area contributed by atoms with Crippen molar-refractivity contribution in [1.29, 1.82) is 5.26 Å². The van der Waals surface area contributed by atoms with Gasteiger partial charge in [-0.3, -0.25) is 15.0 Å². The van der Waals surface area contributed by atoms with Gasteiger partial charge in [-0.05, 0) is 25.8 Å². The van der Waals surface area contributed by atoms with Gasteiger partial charge in [0, 0.05) is 30.9 Å². The lowest BCUT2D eigenvalue weighted by Gasteiger charge is -2.32. The summed E-state index contributed by atoms with van der Waals surface area (Å²) in [7, 11) is 0. The Balaban J connectivity index is 1.81. The van der Waals surface area contributed by atoms with Crippen molar-refractivity contribution in [3.8, 4) is 6.07 Å². The van der Waals surface area contributed by atoms with E-state index in [1.165, 1.54) is 25.1 Å². The number of pyridine rings is 1. The number of nitriles is 1. The van der Waals surface area contributed by atoms with Crippen molar-refractivity contribution in [2.45, 2.75) is 37.8 Å². The highest BCUT2D eigenvalue weighted by molar-refractivity contribution is 5.59. The molecule has 0 amide bonds. The Morgan fingerprint density at radius 2 is 2.29 bits per heavy atom. The van der Waals surface area contributed by atoms with Gasteiger partial charge in [0.05, 0.1) is 10.5 Å². The van der Waals surface area contributed by atoms with E-state index in [4.69, 9.17) is 5.26 Å². The van der Waals surface area contributed by atoms with E-state index in [9.17, 15) is 10.1 Å². The minimum absolute atomic E-state index is 0.122.